The second-order valence-electron chi connectivity index (χ2n) is 5.28. The van der Waals surface area contributed by atoms with Gasteiger partial charge in [-0.2, -0.15) is 0 Å². The number of carbonyl (C=O) groups excluding carboxylic acids is 1. The predicted molar refractivity (Wildman–Crippen MR) is 77.1 cm³/mol. The SMILES string of the molecule is CB(O)[C@@H]1C[C@H](O)CN1C(=O)[C@@H](N)CCCNC(=N)N. The highest BCUT2D eigenvalue weighted by atomic mass is 16.3. The van der Waals surface area contributed by atoms with Gasteiger partial charge in [-0.25, -0.2) is 0 Å². The zero-order valence-corrected chi connectivity index (χ0v) is 11.7. The molecule has 0 aliphatic carbocycles. The van der Waals surface area contributed by atoms with Crippen molar-refractivity contribution in [3.8, 4) is 0 Å². The van der Waals surface area contributed by atoms with Gasteiger partial charge in [0.05, 0.1) is 12.1 Å². The molecule has 0 aromatic rings. The molecule has 1 fully saturated rings. The number of aliphatic hydroxyl groups excluding tert-OH is 1. The minimum atomic E-state index is -0.692. The summed E-state index contributed by atoms with van der Waals surface area (Å²) < 4.78 is 0. The fraction of sp³-hybridized carbons (Fsp3) is 0.818. The Hall–Kier alpha value is -1.32. The normalized spacial score (nSPS) is 23.5. The molecule has 1 aliphatic rings. The van der Waals surface area contributed by atoms with Crippen molar-refractivity contribution < 1.29 is 14.9 Å². The fourth-order valence-corrected chi connectivity index (χ4v) is 2.44. The Morgan fingerprint density at radius 1 is 1.65 bits per heavy atom. The number of likely N-dealkylation sites (tertiary alicyclic amines) is 1. The Balaban J connectivity index is 2.45. The first-order chi connectivity index (χ1) is 9.32. The summed E-state index contributed by atoms with van der Waals surface area (Å²) in [6, 6.07) is -0.671. The van der Waals surface area contributed by atoms with E-state index in [1.54, 1.807) is 6.82 Å². The number of aliphatic hydroxyl groups is 1. The summed E-state index contributed by atoms with van der Waals surface area (Å²) in [6.45, 7) is 1.61. The minimum absolute atomic E-state index is 0.110. The van der Waals surface area contributed by atoms with Crippen LogP contribution < -0.4 is 16.8 Å². The molecule has 1 saturated heterocycles. The lowest BCUT2D eigenvalue weighted by Crippen LogP contribution is -2.50. The molecule has 3 atom stereocenters. The average Bonchev–Trinajstić information content (AvgIpc) is 2.75. The zero-order valence-electron chi connectivity index (χ0n) is 11.7. The number of nitrogens with two attached hydrogens (primary N) is 2. The Morgan fingerprint density at radius 2 is 2.30 bits per heavy atom. The van der Waals surface area contributed by atoms with Crippen molar-refractivity contribution in [1.29, 1.82) is 5.41 Å². The Kier molecular flexibility index (Phi) is 6.25. The van der Waals surface area contributed by atoms with Gasteiger partial charge < -0.3 is 31.8 Å². The van der Waals surface area contributed by atoms with E-state index in [0.717, 1.165) is 0 Å². The Morgan fingerprint density at radius 3 is 2.85 bits per heavy atom. The lowest BCUT2D eigenvalue weighted by Gasteiger charge is -2.27. The van der Waals surface area contributed by atoms with Gasteiger partial charge in [0, 0.05) is 19.0 Å². The molecule has 0 radical (unpaired) electrons. The summed E-state index contributed by atoms with van der Waals surface area (Å²) in [5.41, 5.74) is 11.0. The van der Waals surface area contributed by atoms with Crippen molar-refractivity contribution in [3.05, 3.63) is 0 Å². The van der Waals surface area contributed by atoms with Crippen LogP contribution in [0.5, 0.6) is 0 Å². The smallest absolute Gasteiger partial charge is 0.309 e. The molecular formula is C11H24BN5O3. The third-order valence-electron chi connectivity index (χ3n) is 3.49. The van der Waals surface area contributed by atoms with E-state index in [1.165, 1.54) is 4.90 Å². The van der Waals surface area contributed by atoms with Crippen molar-refractivity contribution in [3.63, 3.8) is 0 Å². The summed E-state index contributed by atoms with van der Waals surface area (Å²) in [5.74, 6) is -0.740. The summed E-state index contributed by atoms with van der Waals surface area (Å²) in [6.07, 6.45) is 0.841. The number of β-amino-alcohol motifs (C(OH)–C–C–N with tert-alkyl or cyclic N) is 1. The quantitative estimate of drug-likeness (QED) is 0.140. The maximum absolute atomic E-state index is 12.2. The van der Waals surface area contributed by atoms with E-state index < -0.39 is 19.1 Å². The molecule has 8 nitrogen and oxygen atoms in total. The van der Waals surface area contributed by atoms with Gasteiger partial charge in [-0.15, -0.1) is 0 Å². The van der Waals surface area contributed by atoms with E-state index in [2.05, 4.69) is 5.32 Å². The lowest BCUT2D eigenvalue weighted by atomic mass is 9.62. The largest absolute Gasteiger partial charge is 0.449 e. The lowest BCUT2D eigenvalue weighted by molar-refractivity contribution is -0.132. The first kappa shape index (κ1) is 16.7. The molecular weight excluding hydrogens is 261 g/mol. The number of hydrogen-bond acceptors (Lipinski definition) is 5. The van der Waals surface area contributed by atoms with Crippen molar-refractivity contribution >= 4 is 18.8 Å². The number of amides is 1. The summed E-state index contributed by atoms with van der Waals surface area (Å²) >= 11 is 0. The van der Waals surface area contributed by atoms with E-state index in [9.17, 15) is 14.9 Å². The van der Waals surface area contributed by atoms with E-state index in [4.69, 9.17) is 16.9 Å². The summed E-state index contributed by atoms with van der Waals surface area (Å²) in [4.78, 5) is 13.7. The van der Waals surface area contributed by atoms with Crippen LogP contribution in [0.25, 0.3) is 0 Å². The average molecular weight is 285 g/mol. The Bertz CT molecular complexity index is 355. The third-order valence-corrected chi connectivity index (χ3v) is 3.49. The number of hydrogen-bond donors (Lipinski definition) is 6. The molecule has 1 amide bonds. The van der Waals surface area contributed by atoms with Crippen LogP contribution in [0.15, 0.2) is 0 Å². The molecule has 9 heteroatoms. The zero-order chi connectivity index (χ0) is 15.3. The van der Waals surface area contributed by atoms with Crippen molar-refractivity contribution in [2.45, 2.75) is 44.2 Å². The minimum Gasteiger partial charge on any atom is -0.449 e. The second kappa shape index (κ2) is 7.46. The summed E-state index contributed by atoms with van der Waals surface area (Å²) in [7, 11) is 0. The van der Waals surface area contributed by atoms with E-state index in [1.807, 2.05) is 0 Å². The van der Waals surface area contributed by atoms with Gasteiger partial charge in [-0.1, -0.05) is 6.82 Å². The third kappa shape index (κ3) is 4.66. The molecule has 1 heterocycles. The second-order valence-corrected chi connectivity index (χ2v) is 5.28. The first-order valence-electron chi connectivity index (χ1n) is 6.83. The number of nitrogens with zero attached hydrogens (tertiary/aromatic N) is 1. The molecule has 8 N–H and O–H groups in total. The van der Waals surface area contributed by atoms with Crippen molar-refractivity contribution in [2.75, 3.05) is 13.1 Å². The van der Waals surface area contributed by atoms with Crippen LogP contribution in [-0.2, 0) is 4.79 Å². The molecule has 0 aromatic carbocycles. The summed E-state index contributed by atoms with van der Waals surface area (Å²) in [5, 5.41) is 28.9. The molecule has 0 bridgehead atoms. The van der Waals surface area contributed by atoms with Crippen LogP contribution in [0.1, 0.15) is 19.3 Å². The van der Waals surface area contributed by atoms with Gasteiger partial charge in [0.2, 0.25) is 5.91 Å². The molecule has 1 rings (SSSR count). The highest BCUT2D eigenvalue weighted by molar-refractivity contribution is 6.51. The number of carbonyl (C=O) groups is 1. The van der Waals surface area contributed by atoms with Crippen molar-refractivity contribution in [2.24, 2.45) is 11.5 Å². The van der Waals surface area contributed by atoms with E-state index in [0.29, 0.717) is 25.8 Å². The van der Waals surface area contributed by atoms with Crippen LogP contribution in [0, 0.1) is 5.41 Å². The van der Waals surface area contributed by atoms with E-state index in [-0.39, 0.29) is 24.4 Å². The molecule has 20 heavy (non-hydrogen) atoms. The molecule has 114 valence electrons. The molecule has 1 aliphatic heterocycles. The maximum atomic E-state index is 12.2. The standard InChI is InChI=1S/C11H24BN5O3/c1-12(20)9-5-7(18)6-17(9)10(19)8(13)3-2-4-16-11(14)15/h7-9,18,20H,2-6,13H2,1H3,(H4,14,15,16)/t7-,8-,9-/m0/s1. The molecule has 0 spiro atoms. The van der Waals surface area contributed by atoms with Gasteiger partial charge in [0.25, 0.3) is 0 Å². The van der Waals surface area contributed by atoms with Crippen molar-refractivity contribution in [1.82, 2.24) is 10.2 Å². The van der Waals surface area contributed by atoms with Gasteiger partial charge in [0.1, 0.15) is 0 Å². The number of nitrogens with one attached hydrogen (secondary N) is 2. The highest BCUT2D eigenvalue weighted by Crippen LogP contribution is 2.20. The number of guanidine groups is 1. The molecule has 0 saturated carbocycles. The highest BCUT2D eigenvalue weighted by Gasteiger charge is 2.40. The van der Waals surface area contributed by atoms with Gasteiger partial charge >= 0.3 is 6.92 Å². The van der Waals surface area contributed by atoms with Crippen LogP contribution in [-0.4, -0.2) is 65.0 Å². The van der Waals surface area contributed by atoms with Crippen LogP contribution in [0.2, 0.25) is 6.82 Å². The van der Waals surface area contributed by atoms with Gasteiger partial charge in [-0.05, 0) is 19.3 Å². The Labute approximate surface area is 119 Å². The maximum Gasteiger partial charge on any atom is 0.309 e. The first-order valence-corrected chi connectivity index (χ1v) is 6.83. The van der Waals surface area contributed by atoms with E-state index >= 15 is 0 Å². The fourth-order valence-electron chi connectivity index (χ4n) is 2.44. The molecule has 0 aromatic heterocycles. The monoisotopic (exact) mass is 285 g/mol. The number of rotatable bonds is 6. The molecule has 0 unspecified atom stereocenters. The predicted octanol–water partition coefficient (Wildman–Crippen LogP) is -2.31. The van der Waals surface area contributed by atoms with Crippen LogP contribution in [0.4, 0.5) is 0 Å². The van der Waals surface area contributed by atoms with Crippen LogP contribution >= 0.6 is 0 Å². The van der Waals surface area contributed by atoms with Gasteiger partial charge in [-0.3, -0.25) is 10.2 Å². The van der Waals surface area contributed by atoms with Crippen LogP contribution in [0.3, 0.4) is 0 Å². The topological polar surface area (TPSA) is 149 Å². The van der Waals surface area contributed by atoms with Gasteiger partial charge in [0.15, 0.2) is 5.96 Å².